The van der Waals surface area contributed by atoms with Crippen molar-refractivity contribution in [1.29, 1.82) is 0 Å². The van der Waals surface area contributed by atoms with Gasteiger partial charge in [0.15, 0.2) is 5.88 Å². The molecule has 3 aromatic rings. The standard InChI is InChI=1S/C23H22ClFN4O3/c1-26-11-17(23(31)27-14-30)13-28-6-7-32-22-16(12-28)9-19(10-20(22)24)29-5-4-15-8-18(25)2-3-21(15)29/h2-5,8-11,14,31H,6-7,12-13H2,1H3,(H,27,30)/b23-17-,26-11-. The van der Waals surface area contributed by atoms with E-state index in [2.05, 4.69) is 15.2 Å². The van der Waals surface area contributed by atoms with Crippen LogP contribution in [0.15, 0.2) is 59.0 Å². The molecule has 0 saturated heterocycles. The molecule has 1 amide bonds. The fourth-order valence-corrected chi connectivity index (χ4v) is 4.13. The Labute approximate surface area is 189 Å². The third kappa shape index (κ3) is 4.46. The van der Waals surface area contributed by atoms with Crippen molar-refractivity contribution in [2.45, 2.75) is 6.54 Å². The van der Waals surface area contributed by atoms with Crippen LogP contribution in [0.4, 0.5) is 4.39 Å². The van der Waals surface area contributed by atoms with Gasteiger partial charge in [0.05, 0.1) is 10.5 Å². The van der Waals surface area contributed by atoms with Gasteiger partial charge < -0.3 is 14.4 Å². The maximum absolute atomic E-state index is 13.6. The number of aromatic nitrogens is 1. The number of amides is 1. The number of hydrogen-bond donors (Lipinski definition) is 2. The lowest BCUT2D eigenvalue weighted by Gasteiger charge is -2.20. The molecule has 2 aromatic carbocycles. The van der Waals surface area contributed by atoms with Crippen molar-refractivity contribution >= 4 is 35.1 Å². The topological polar surface area (TPSA) is 79.1 Å². The van der Waals surface area contributed by atoms with Gasteiger partial charge >= 0.3 is 0 Å². The maximum Gasteiger partial charge on any atom is 0.213 e. The average molecular weight is 457 g/mol. The summed E-state index contributed by atoms with van der Waals surface area (Å²) in [6.07, 6.45) is 3.80. The van der Waals surface area contributed by atoms with E-state index < -0.39 is 0 Å². The third-order valence-electron chi connectivity index (χ3n) is 5.26. The second-order valence-corrected chi connectivity index (χ2v) is 7.79. The summed E-state index contributed by atoms with van der Waals surface area (Å²) < 4.78 is 21.5. The van der Waals surface area contributed by atoms with E-state index in [1.54, 1.807) is 13.1 Å². The number of nitrogens with zero attached hydrogens (tertiary/aromatic N) is 3. The Balaban J connectivity index is 1.68. The minimum absolute atomic E-state index is 0.242. The number of aliphatic hydroxyl groups is 1. The second-order valence-electron chi connectivity index (χ2n) is 7.39. The summed E-state index contributed by atoms with van der Waals surface area (Å²) in [6, 6.07) is 10.3. The molecule has 1 aliphatic heterocycles. The zero-order chi connectivity index (χ0) is 22.7. The Bertz CT molecular complexity index is 1220. The van der Waals surface area contributed by atoms with Crippen molar-refractivity contribution in [2.24, 2.45) is 4.99 Å². The van der Waals surface area contributed by atoms with E-state index >= 15 is 0 Å². The summed E-state index contributed by atoms with van der Waals surface area (Å²) >= 11 is 6.57. The van der Waals surface area contributed by atoms with Gasteiger partial charge in [-0.05, 0) is 36.4 Å². The van der Waals surface area contributed by atoms with Crippen molar-refractivity contribution in [3.8, 4) is 11.4 Å². The van der Waals surface area contributed by atoms with E-state index in [4.69, 9.17) is 16.3 Å². The average Bonchev–Trinajstić information content (AvgIpc) is 3.06. The number of benzene rings is 2. The summed E-state index contributed by atoms with van der Waals surface area (Å²) in [5.74, 6) is 0.0882. The monoisotopic (exact) mass is 456 g/mol. The minimum Gasteiger partial charge on any atom is -0.494 e. The van der Waals surface area contributed by atoms with E-state index in [-0.39, 0.29) is 11.7 Å². The zero-order valence-electron chi connectivity index (χ0n) is 17.4. The highest BCUT2D eigenvalue weighted by Crippen LogP contribution is 2.35. The fourth-order valence-electron chi connectivity index (χ4n) is 3.85. The van der Waals surface area contributed by atoms with Crippen LogP contribution in [0.25, 0.3) is 16.6 Å². The molecule has 0 fully saturated rings. The Hall–Kier alpha value is -3.36. The Kier molecular flexibility index (Phi) is 6.43. The van der Waals surface area contributed by atoms with Gasteiger partial charge in [0.2, 0.25) is 6.41 Å². The predicted octanol–water partition coefficient (Wildman–Crippen LogP) is 3.83. The number of nitrogens with one attached hydrogen (secondary N) is 1. The molecule has 2 heterocycles. The van der Waals surface area contributed by atoms with Gasteiger partial charge in [-0.2, -0.15) is 0 Å². The van der Waals surface area contributed by atoms with Crippen molar-refractivity contribution in [3.63, 3.8) is 0 Å². The summed E-state index contributed by atoms with van der Waals surface area (Å²) in [6.45, 7) is 1.85. The van der Waals surface area contributed by atoms with Gasteiger partial charge in [-0.3, -0.25) is 20.0 Å². The summed E-state index contributed by atoms with van der Waals surface area (Å²) in [5, 5.41) is 13.7. The summed E-state index contributed by atoms with van der Waals surface area (Å²) in [7, 11) is 1.59. The van der Waals surface area contributed by atoms with E-state index in [0.29, 0.717) is 49.0 Å². The van der Waals surface area contributed by atoms with Gasteiger partial charge in [-0.1, -0.05) is 11.6 Å². The molecule has 0 unspecified atom stereocenters. The van der Waals surface area contributed by atoms with Gasteiger partial charge in [0.1, 0.15) is 18.2 Å². The van der Waals surface area contributed by atoms with E-state index in [1.807, 2.05) is 29.0 Å². The first-order chi connectivity index (χ1) is 15.5. The summed E-state index contributed by atoms with van der Waals surface area (Å²) in [4.78, 5) is 16.7. The van der Waals surface area contributed by atoms with Crippen molar-refractivity contribution in [2.75, 3.05) is 26.7 Å². The molecule has 0 saturated carbocycles. The van der Waals surface area contributed by atoms with Crippen LogP contribution < -0.4 is 10.1 Å². The Morgan fingerprint density at radius 1 is 1.34 bits per heavy atom. The molecule has 9 heteroatoms. The number of rotatable bonds is 6. The highest BCUT2D eigenvalue weighted by atomic mass is 35.5. The molecule has 32 heavy (non-hydrogen) atoms. The number of aliphatic imine (C=N–C) groups is 1. The molecule has 1 aliphatic rings. The lowest BCUT2D eigenvalue weighted by atomic mass is 10.1. The van der Waals surface area contributed by atoms with Crippen LogP contribution in [-0.2, 0) is 11.3 Å². The number of carbonyl (C=O) groups is 1. The van der Waals surface area contributed by atoms with Crippen LogP contribution >= 0.6 is 11.6 Å². The molecule has 1 aromatic heterocycles. The number of fused-ring (bicyclic) bond motifs is 2. The first kappa shape index (κ1) is 21.9. The van der Waals surface area contributed by atoms with Crippen LogP contribution in [0.2, 0.25) is 5.02 Å². The van der Waals surface area contributed by atoms with Crippen LogP contribution in [0.1, 0.15) is 5.56 Å². The molecule has 166 valence electrons. The molecule has 0 atom stereocenters. The van der Waals surface area contributed by atoms with Gasteiger partial charge in [-0.15, -0.1) is 0 Å². The van der Waals surface area contributed by atoms with Crippen LogP contribution in [-0.4, -0.2) is 53.9 Å². The molecular weight excluding hydrogens is 435 g/mol. The lowest BCUT2D eigenvalue weighted by molar-refractivity contribution is -0.109. The van der Waals surface area contributed by atoms with Crippen molar-refractivity contribution in [3.05, 3.63) is 70.5 Å². The number of ether oxygens (including phenoxy) is 1. The first-order valence-corrected chi connectivity index (χ1v) is 10.4. The normalized spacial score (nSPS) is 15.2. The largest absolute Gasteiger partial charge is 0.494 e. The number of aliphatic hydroxyl groups excluding tert-OH is 1. The minimum atomic E-state index is -0.286. The van der Waals surface area contributed by atoms with Gasteiger partial charge in [0.25, 0.3) is 0 Å². The highest BCUT2D eigenvalue weighted by molar-refractivity contribution is 6.32. The van der Waals surface area contributed by atoms with E-state index in [1.165, 1.54) is 18.3 Å². The smallest absolute Gasteiger partial charge is 0.213 e. The van der Waals surface area contributed by atoms with Crippen LogP contribution in [0, 0.1) is 5.82 Å². The Morgan fingerprint density at radius 3 is 2.97 bits per heavy atom. The van der Waals surface area contributed by atoms with Gasteiger partial charge in [0, 0.05) is 61.3 Å². The number of hydrogen-bond acceptors (Lipinski definition) is 5. The molecule has 0 radical (unpaired) electrons. The molecule has 0 spiro atoms. The summed E-state index contributed by atoms with van der Waals surface area (Å²) in [5.41, 5.74) is 3.05. The quantitative estimate of drug-likeness (QED) is 0.335. The van der Waals surface area contributed by atoms with Crippen molar-refractivity contribution < 1.29 is 19.0 Å². The van der Waals surface area contributed by atoms with E-state index in [0.717, 1.165) is 22.2 Å². The molecule has 4 rings (SSSR count). The fraction of sp³-hybridized carbons (Fsp3) is 0.217. The maximum atomic E-state index is 13.6. The number of carbonyl (C=O) groups excluding carboxylic acids is 1. The molecule has 7 nitrogen and oxygen atoms in total. The lowest BCUT2D eigenvalue weighted by Crippen LogP contribution is -2.30. The molecular formula is C23H22ClFN4O3. The van der Waals surface area contributed by atoms with Gasteiger partial charge in [-0.25, -0.2) is 4.39 Å². The zero-order valence-corrected chi connectivity index (χ0v) is 18.1. The van der Waals surface area contributed by atoms with Crippen molar-refractivity contribution in [1.82, 2.24) is 14.8 Å². The highest BCUT2D eigenvalue weighted by Gasteiger charge is 2.21. The predicted molar refractivity (Wildman–Crippen MR) is 122 cm³/mol. The Morgan fingerprint density at radius 2 is 2.19 bits per heavy atom. The second kappa shape index (κ2) is 9.42. The molecule has 0 bridgehead atoms. The van der Waals surface area contributed by atoms with Crippen LogP contribution in [0.5, 0.6) is 5.75 Å². The molecule has 0 aliphatic carbocycles. The number of halogens is 2. The molecule has 2 N–H and O–H groups in total. The van der Waals surface area contributed by atoms with E-state index in [9.17, 15) is 14.3 Å². The van der Waals surface area contributed by atoms with Crippen LogP contribution in [0.3, 0.4) is 0 Å². The SMILES string of the molecule is C/N=C\C(CN1CCOc2c(Cl)cc(-n3ccc4cc(F)ccc43)cc2C1)=C(\O)NC=O. The third-order valence-corrected chi connectivity index (χ3v) is 5.54. The first-order valence-electron chi connectivity index (χ1n) is 9.99.